The molecule has 0 unspecified atom stereocenters. The maximum absolute atomic E-state index is 11.5. The smallest absolute Gasteiger partial charge is 0.857 e. The first-order valence-corrected chi connectivity index (χ1v) is 28.7. The van der Waals surface area contributed by atoms with Crippen LogP contribution in [-0.4, -0.2) is 82.0 Å². The number of fused-ring (bicyclic) bond motifs is 3. The summed E-state index contributed by atoms with van der Waals surface area (Å²) < 4.78 is 61.3. The third-order valence-electron chi connectivity index (χ3n) is 7.82. The van der Waals surface area contributed by atoms with Crippen LogP contribution in [0.3, 0.4) is 0 Å². The van der Waals surface area contributed by atoms with E-state index >= 15 is 0 Å². The Bertz CT molecular complexity index is 2720. The van der Waals surface area contributed by atoms with Crippen LogP contribution in [0.25, 0.3) is 33.5 Å². The van der Waals surface area contributed by atoms with Gasteiger partial charge >= 0.3 is 40.4 Å². The van der Waals surface area contributed by atoms with Crippen molar-refractivity contribution in [2.75, 3.05) is 39.2 Å². The maximum atomic E-state index is 11.5. The number of methoxy groups -OCH3 is 1. The molecule has 0 atom stereocenters. The van der Waals surface area contributed by atoms with Gasteiger partial charge in [0.05, 0.1) is 40.7 Å². The molecule has 7 aromatic heterocycles. The first kappa shape index (κ1) is 66.3. The third kappa shape index (κ3) is 25.9. The average molecular weight is 1450 g/mol. The van der Waals surface area contributed by atoms with E-state index in [4.69, 9.17) is 31.3 Å². The van der Waals surface area contributed by atoms with Crippen LogP contribution >= 0.6 is 137 Å². The van der Waals surface area contributed by atoms with Crippen molar-refractivity contribution in [3.05, 3.63) is 88.3 Å². The molecule has 69 heavy (non-hydrogen) atoms. The van der Waals surface area contributed by atoms with Gasteiger partial charge in [-0.15, -0.1) is 0 Å². The van der Waals surface area contributed by atoms with Gasteiger partial charge in [0, 0.05) is 62.2 Å². The zero-order chi connectivity index (χ0) is 55.3. The Morgan fingerprint density at radius 2 is 1.14 bits per heavy atom. The molecule has 0 saturated heterocycles. The van der Waals surface area contributed by atoms with E-state index in [0.717, 1.165) is 53.5 Å². The number of rotatable bonds is 6. The van der Waals surface area contributed by atoms with Crippen LogP contribution in [0.2, 0.25) is 5.28 Å². The van der Waals surface area contributed by atoms with E-state index in [2.05, 4.69) is 174 Å². The van der Waals surface area contributed by atoms with Crippen molar-refractivity contribution in [1.82, 2.24) is 48.6 Å². The SMILES string of the molecule is CC(C)Cc1cc(Br)cnc1N.CC(C)n1c(=O)[nH]c2ncc(Br)cc21.CC(C)n1c(Cl)nc2ncc(Br)cc21.COc1nc2ncc(Br)cc2n1C(C)C.C[O-].O=P(Cl)(Cl)Cl.[2H]CF.[2H]CF.[2H]CI.[Na+]. The first-order valence-electron chi connectivity index (χ1n) is 21.4. The molecule has 7 rings (SSSR count). The molecule has 0 spiro atoms. The number of hydrogen-bond donors (Lipinski definition) is 2. The average Bonchev–Trinajstić information content (AvgIpc) is 3.92. The number of alkyl halides is 3. The predicted molar refractivity (Wildman–Crippen MR) is 301 cm³/mol. The molecule has 28 heteroatoms. The van der Waals surface area contributed by atoms with Crippen molar-refractivity contribution in [2.24, 2.45) is 5.92 Å². The second-order valence-corrected chi connectivity index (χ2v) is 24.6. The van der Waals surface area contributed by atoms with Gasteiger partial charge in [-0.3, -0.25) is 27.5 Å². The van der Waals surface area contributed by atoms with E-state index < -0.39 is 19.5 Å². The molecule has 0 amide bonds. The van der Waals surface area contributed by atoms with E-state index in [1.165, 1.54) is 0 Å². The summed E-state index contributed by atoms with van der Waals surface area (Å²) in [7, 11) is 0.370. The summed E-state index contributed by atoms with van der Waals surface area (Å²) in [5.41, 5.74) is 11.5. The van der Waals surface area contributed by atoms with E-state index in [9.17, 15) is 18.1 Å². The Balaban J connectivity index is -0.000000800. The van der Waals surface area contributed by atoms with Crippen molar-refractivity contribution >= 4 is 176 Å². The number of nitrogens with one attached hydrogen (secondary N) is 1. The van der Waals surface area contributed by atoms with Crippen LogP contribution in [0.1, 0.15) is 83.2 Å². The fourth-order valence-corrected chi connectivity index (χ4v) is 7.28. The Hall–Kier alpha value is -0.730. The molecule has 3 N–H and O–H groups in total. The predicted octanol–water partition coefficient (Wildman–Crippen LogP) is 11.9. The molecule has 15 nitrogen and oxygen atoms in total. The number of anilines is 1. The van der Waals surface area contributed by atoms with Gasteiger partial charge in [-0.1, -0.05) is 36.4 Å². The van der Waals surface area contributed by atoms with Crippen LogP contribution < -0.4 is 50.8 Å². The minimum absolute atomic E-state index is 0. The largest absolute Gasteiger partial charge is 1.00 e. The first-order chi connectivity index (χ1) is 33.1. The molecule has 0 aliphatic rings. The van der Waals surface area contributed by atoms with Crippen molar-refractivity contribution < 1.29 is 56.9 Å². The molecular weight excluding hydrogens is 1390 g/mol. The van der Waals surface area contributed by atoms with E-state index in [-0.39, 0.29) is 47.3 Å². The molecule has 382 valence electrons. The Kier molecular flexibility index (Phi) is 36.4. The zero-order valence-corrected chi connectivity index (χ0v) is 54.0. The number of halogens is 11. The number of nitrogen functional groups attached to an aromatic ring is 1. The van der Waals surface area contributed by atoms with E-state index in [1.54, 1.807) is 36.5 Å². The van der Waals surface area contributed by atoms with Gasteiger partial charge in [-0.05, 0) is 198 Å². The quantitative estimate of drug-likeness (QED) is 0.0694. The van der Waals surface area contributed by atoms with Gasteiger partial charge in [-0.2, -0.15) is 17.1 Å². The number of ether oxygens (including phenoxy) is 1. The van der Waals surface area contributed by atoms with Crippen LogP contribution in [0.15, 0.2) is 71.7 Å². The van der Waals surface area contributed by atoms with Gasteiger partial charge < -0.3 is 20.1 Å². The molecule has 0 aliphatic heterocycles. The van der Waals surface area contributed by atoms with Crippen molar-refractivity contribution in [3.63, 3.8) is 0 Å². The summed E-state index contributed by atoms with van der Waals surface area (Å²) in [6.07, 6.45) is 7.83. The van der Waals surface area contributed by atoms with Gasteiger partial charge in [0.15, 0.2) is 16.9 Å². The molecule has 7 aromatic rings. The van der Waals surface area contributed by atoms with E-state index in [0.29, 0.717) is 50.9 Å². The summed E-state index contributed by atoms with van der Waals surface area (Å²) in [5, 5.41) is 5.51. The number of pyridine rings is 4. The minimum Gasteiger partial charge on any atom is -0.857 e. The summed E-state index contributed by atoms with van der Waals surface area (Å²) in [6, 6.07) is 9.20. The van der Waals surface area contributed by atoms with Crippen LogP contribution in [-0.2, 0) is 11.0 Å². The Morgan fingerprint density at radius 3 is 1.57 bits per heavy atom. The fraction of sp³-hybridized carbons (Fsp3) is 0.439. The summed E-state index contributed by atoms with van der Waals surface area (Å²) >= 11 is 35.3. The van der Waals surface area contributed by atoms with Crippen LogP contribution in [0.4, 0.5) is 14.6 Å². The number of nitrogens with two attached hydrogens (primary N) is 1. The van der Waals surface area contributed by atoms with Gasteiger partial charge in [0.25, 0.3) is 6.01 Å². The van der Waals surface area contributed by atoms with Crippen molar-refractivity contribution in [3.8, 4) is 6.01 Å². The summed E-state index contributed by atoms with van der Waals surface area (Å²) in [5.74, 6) is 1.26. The molecule has 0 fully saturated rings. The Morgan fingerprint density at radius 1 is 0.768 bits per heavy atom. The van der Waals surface area contributed by atoms with Crippen molar-refractivity contribution in [2.45, 2.75) is 79.9 Å². The monoisotopic (exact) mass is 1440 g/mol. The number of H-pyrrole nitrogens is 1. The number of imidazole rings is 3. The minimum atomic E-state index is -3.22. The molecule has 7 heterocycles. The number of hydrogen-bond acceptors (Lipinski definition) is 11. The van der Waals surface area contributed by atoms with Crippen LogP contribution in [0.5, 0.6) is 6.01 Å². The fourth-order valence-electron chi connectivity index (χ4n) is 5.58. The zero-order valence-electron chi connectivity index (χ0n) is 42.6. The van der Waals surface area contributed by atoms with Crippen molar-refractivity contribution in [1.29, 1.82) is 0 Å². The van der Waals surface area contributed by atoms with Gasteiger partial charge in [0.1, 0.15) is 5.82 Å². The van der Waals surface area contributed by atoms with Crippen LogP contribution in [0, 0.1) is 5.92 Å². The second kappa shape index (κ2) is 37.9. The summed E-state index contributed by atoms with van der Waals surface area (Å²) in [6.45, 7) is 16.6. The second-order valence-electron chi connectivity index (χ2n) is 14.0. The van der Waals surface area contributed by atoms with E-state index in [1.807, 2.05) is 69.8 Å². The number of aromatic nitrogens is 10. The molecular formula is C41H56Br4Cl4F2IN11NaO4P. The topological polar surface area (TPSA) is 200 Å². The Labute approximate surface area is 495 Å². The number of aromatic amines is 1. The molecule has 0 radical (unpaired) electrons. The maximum Gasteiger partial charge on any atom is 1.00 e. The number of nitrogens with zero attached hydrogens (tertiary/aromatic N) is 9. The third-order valence-corrected chi connectivity index (χ3v) is 9.82. The molecule has 0 aliphatic carbocycles. The molecule has 0 saturated carbocycles. The van der Waals surface area contributed by atoms with Gasteiger partial charge in [-0.25, -0.2) is 24.7 Å². The van der Waals surface area contributed by atoms with Gasteiger partial charge in [0.2, 0.25) is 5.28 Å². The summed E-state index contributed by atoms with van der Waals surface area (Å²) in [4.78, 5) is 39.8. The molecule has 0 bridgehead atoms. The standard InChI is InChI=1S/C10H12BrN3O.C9H9BrClN3.C9H10BrN3O.C9H13BrN2.2CH3F.CH3I.CH3O.Cl3OP.Na/c1-6(2)14-8-4-7(11)5-12-9(8)13-10(14)15-3;1-5(2)14-7-3-6(10)4-12-8(7)13-9(14)11;1-5(2)13-7-3-6(10)4-11-8(7)12-9(13)14;1-6(2)3-7-4-8(10)5-12-9(7)11;4*1-2;1-5(2,3)4;/h4-6H,1-3H3;3-5H,1-2H3;3-5H,1-2H3,(H,11,12,14);4-6H,3H2,1-2H3,(H2,11,12);4*1H3;;/q;;;;;;;-1;;+1/i;;;;3*1D;;;. The molecule has 0 aromatic carbocycles. The normalized spacial score (nSPS) is 10.7.